The molecule has 0 aliphatic heterocycles. The fraction of sp³-hybridized carbons (Fsp3) is 0.400. The van der Waals surface area contributed by atoms with E-state index in [4.69, 9.17) is 0 Å². The van der Waals surface area contributed by atoms with E-state index in [9.17, 15) is 18.7 Å². The number of aliphatic hydroxyl groups excluding tert-OH is 1. The second-order valence-electron chi connectivity index (χ2n) is 7.49. The minimum Gasteiger partial charge on any atom is -0.512 e. The first-order chi connectivity index (χ1) is 13.8. The molecule has 0 radical (unpaired) electrons. The Kier molecular flexibility index (Phi) is 10.9. The highest BCUT2D eigenvalue weighted by Gasteiger charge is 2.27. The fourth-order valence-corrected chi connectivity index (χ4v) is 3.42. The van der Waals surface area contributed by atoms with Gasteiger partial charge in [0.25, 0.3) is 0 Å². The monoisotopic (exact) mass is 402 g/mol. The van der Waals surface area contributed by atoms with Gasteiger partial charge in [0.05, 0.1) is 17.9 Å². The van der Waals surface area contributed by atoms with Crippen molar-refractivity contribution in [3.63, 3.8) is 0 Å². The molecule has 1 saturated carbocycles. The molecule has 4 heteroatoms. The van der Waals surface area contributed by atoms with Crippen molar-refractivity contribution >= 4 is 11.9 Å². The van der Waals surface area contributed by atoms with Gasteiger partial charge in [-0.25, -0.2) is 8.78 Å². The van der Waals surface area contributed by atoms with Gasteiger partial charge >= 0.3 is 0 Å². The predicted molar refractivity (Wildman–Crippen MR) is 117 cm³/mol. The van der Waals surface area contributed by atoms with E-state index in [1.54, 1.807) is 6.92 Å². The van der Waals surface area contributed by atoms with Gasteiger partial charge in [-0.3, -0.25) is 4.79 Å². The lowest BCUT2D eigenvalue weighted by molar-refractivity contribution is -0.122. The van der Waals surface area contributed by atoms with Crippen molar-refractivity contribution in [3.8, 4) is 0 Å². The lowest BCUT2D eigenvalue weighted by atomic mass is 9.78. The maximum atomic E-state index is 12.2. The van der Waals surface area contributed by atoms with Crippen LogP contribution in [0.25, 0.3) is 6.08 Å². The molecule has 158 valence electrons. The van der Waals surface area contributed by atoms with Gasteiger partial charge in [-0.15, -0.1) is 0 Å². The predicted octanol–water partition coefficient (Wildman–Crippen LogP) is 7.36. The van der Waals surface area contributed by atoms with E-state index >= 15 is 0 Å². The first kappa shape index (κ1) is 24.5. The van der Waals surface area contributed by atoms with Crippen molar-refractivity contribution in [2.45, 2.75) is 52.9 Å². The maximum absolute atomic E-state index is 12.2. The number of aryl methyl sites for hydroxylation is 1. The van der Waals surface area contributed by atoms with E-state index < -0.39 is 0 Å². The molecule has 0 amide bonds. The van der Waals surface area contributed by atoms with Crippen LogP contribution in [0.15, 0.2) is 60.9 Å². The second-order valence-corrected chi connectivity index (χ2v) is 7.49. The van der Waals surface area contributed by atoms with Gasteiger partial charge in [0.1, 0.15) is 5.78 Å². The molecule has 1 aliphatic carbocycles. The van der Waals surface area contributed by atoms with Crippen LogP contribution in [0.1, 0.15) is 56.2 Å². The van der Waals surface area contributed by atoms with Gasteiger partial charge in [-0.2, -0.15) is 0 Å². The highest BCUT2D eigenvalue weighted by Crippen LogP contribution is 2.34. The van der Waals surface area contributed by atoms with Crippen LogP contribution in [0.5, 0.6) is 0 Å². The Labute approximate surface area is 173 Å². The third kappa shape index (κ3) is 9.03. The molecule has 1 fully saturated rings. The van der Waals surface area contributed by atoms with Crippen LogP contribution < -0.4 is 0 Å². The number of carbonyl (C=O) groups is 1. The van der Waals surface area contributed by atoms with Gasteiger partial charge < -0.3 is 5.11 Å². The number of hydrogen-bond donors (Lipinski definition) is 1. The zero-order chi connectivity index (χ0) is 21.8. The smallest absolute Gasteiger partial charge is 0.132 e. The topological polar surface area (TPSA) is 37.3 Å². The molecular formula is C25H32F2O2. The summed E-state index contributed by atoms with van der Waals surface area (Å²) in [5, 5.41) is 10.5. The largest absolute Gasteiger partial charge is 0.512 e. The van der Waals surface area contributed by atoms with E-state index in [1.165, 1.54) is 25.2 Å². The van der Waals surface area contributed by atoms with Gasteiger partial charge in [-0.05, 0) is 75.3 Å². The molecular weight excluding hydrogens is 370 g/mol. The molecule has 0 heterocycles. The van der Waals surface area contributed by atoms with Crippen LogP contribution >= 0.6 is 0 Å². The van der Waals surface area contributed by atoms with Crippen molar-refractivity contribution in [1.82, 2.24) is 0 Å². The van der Waals surface area contributed by atoms with Crippen LogP contribution in [0.2, 0.25) is 0 Å². The van der Waals surface area contributed by atoms with Crippen LogP contribution in [-0.4, -0.2) is 10.9 Å². The molecule has 2 atom stereocenters. The Morgan fingerprint density at radius 1 is 1.28 bits per heavy atom. The molecule has 1 aromatic carbocycles. The van der Waals surface area contributed by atoms with Crippen molar-refractivity contribution in [2.75, 3.05) is 0 Å². The molecule has 2 unspecified atom stereocenters. The van der Waals surface area contributed by atoms with Crippen LogP contribution in [0, 0.1) is 18.8 Å². The standard InChI is InChI=1S/C20H25FO2.C5H7F/c1-14-8-9-16(5-4-10-21)11-19(14)13-20(23)18-7-3-6-17(12-18)15(2)22;1-3-4-5(2)6/h4,8-11,13,17-18,23H,3,5-7,12H2,1-2H3;3-4H,1H2,2H3/b10-4+,20-13-;5-4+. The molecule has 1 aromatic rings. The summed E-state index contributed by atoms with van der Waals surface area (Å²) in [6.45, 7) is 8.29. The molecule has 1 aliphatic rings. The van der Waals surface area contributed by atoms with Crippen LogP contribution in [-0.2, 0) is 11.2 Å². The Morgan fingerprint density at radius 3 is 2.52 bits per heavy atom. The molecule has 2 rings (SSSR count). The molecule has 0 spiro atoms. The summed E-state index contributed by atoms with van der Waals surface area (Å²) in [7, 11) is 0. The normalized spacial score (nSPS) is 20.2. The van der Waals surface area contributed by atoms with Crippen LogP contribution in [0.3, 0.4) is 0 Å². The van der Waals surface area contributed by atoms with Crippen molar-refractivity contribution in [1.29, 1.82) is 0 Å². The second kappa shape index (κ2) is 12.9. The van der Waals surface area contributed by atoms with Gasteiger partial charge in [-0.1, -0.05) is 43.4 Å². The molecule has 0 bridgehead atoms. The Bertz CT molecular complexity index is 771. The third-order valence-corrected chi connectivity index (χ3v) is 5.10. The fourth-order valence-electron chi connectivity index (χ4n) is 3.42. The van der Waals surface area contributed by atoms with Crippen molar-refractivity contribution in [3.05, 3.63) is 77.6 Å². The summed E-state index contributed by atoms with van der Waals surface area (Å²) < 4.78 is 23.6. The number of rotatable bonds is 6. The molecule has 2 nitrogen and oxygen atoms in total. The van der Waals surface area contributed by atoms with E-state index in [-0.39, 0.29) is 23.4 Å². The number of halogens is 2. The number of aliphatic hydroxyl groups is 1. The zero-order valence-corrected chi connectivity index (χ0v) is 17.6. The molecule has 0 aromatic heterocycles. The SMILES string of the molecule is C=C/C=C(\C)F.CC(=O)C1CCCC(/C(O)=C/c2cc(C/C=C/F)ccc2C)C1. The number of hydrogen-bond acceptors (Lipinski definition) is 2. The van der Waals surface area contributed by atoms with E-state index in [0.717, 1.165) is 42.4 Å². The summed E-state index contributed by atoms with van der Waals surface area (Å²) in [5.41, 5.74) is 3.04. The van der Waals surface area contributed by atoms with Gasteiger partial charge in [0.15, 0.2) is 0 Å². The van der Waals surface area contributed by atoms with E-state index in [0.29, 0.717) is 18.5 Å². The van der Waals surface area contributed by atoms with Gasteiger partial charge in [0, 0.05) is 11.8 Å². The summed E-state index contributed by atoms with van der Waals surface area (Å²) in [4.78, 5) is 11.6. The lowest BCUT2D eigenvalue weighted by Crippen LogP contribution is -2.22. The third-order valence-electron chi connectivity index (χ3n) is 5.10. The Morgan fingerprint density at radius 2 is 1.97 bits per heavy atom. The molecule has 0 saturated heterocycles. The highest BCUT2D eigenvalue weighted by atomic mass is 19.1. The number of Topliss-reactive ketones (excluding diaryl/α,β-unsaturated/α-hetero) is 1. The average molecular weight is 403 g/mol. The number of carbonyl (C=O) groups excluding carboxylic acids is 1. The summed E-state index contributed by atoms with van der Waals surface area (Å²) in [6, 6.07) is 5.94. The summed E-state index contributed by atoms with van der Waals surface area (Å²) >= 11 is 0. The summed E-state index contributed by atoms with van der Waals surface area (Å²) in [5.74, 6) is 0.513. The number of benzene rings is 1. The molecule has 29 heavy (non-hydrogen) atoms. The first-order valence-electron chi connectivity index (χ1n) is 9.99. The van der Waals surface area contributed by atoms with Crippen LogP contribution in [0.4, 0.5) is 8.78 Å². The lowest BCUT2D eigenvalue weighted by Gasteiger charge is -2.27. The average Bonchev–Trinajstić information content (AvgIpc) is 2.69. The first-order valence-corrected chi connectivity index (χ1v) is 9.99. The van der Waals surface area contributed by atoms with Crippen molar-refractivity contribution < 1.29 is 18.7 Å². The maximum Gasteiger partial charge on any atom is 0.132 e. The zero-order valence-electron chi connectivity index (χ0n) is 17.6. The summed E-state index contributed by atoms with van der Waals surface area (Å²) in [6.07, 6.45) is 10.7. The minimum absolute atomic E-state index is 0.0615. The van der Waals surface area contributed by atoms with E-state index in [2.05, 4.69) is 6.58 Å². The Hall–Kier alpha value is -2.49. The number of ketones is 1. The quantitative estimate of drug-likeness (QED) is 0.399. The number of allylic oxidation sites excluding steroid dienone is 5. The van der Waals surface area contributed by atoms with Crippen molar-refractivity contribution in [2.24, 2.45) is 11.8 Å². The minimum atomic E-state index is -0.204. The van der Waals surface area contributed by atoms with E-state index in [1.807, 2.05) is 31.2 Å². The van der Waals surface area contributed by atoms with Gasteiger partial charge in [0.2, 0.25) is 0 Å². The molecule has 1 N–H and O–H groups in total. The Balaban J connectivity index is 0.000000612. The highest BCUT2D eigenvalue weighted by molar-refractivity contribution is 5.78.